The molecule has 0 spiro atoms. The van der Waals surface area contributed by atoms with E-state index in [1.807, 2.05) is 13.0 Å². The molecule has 0 aliphatic rings. The lowest BCUT2D eigenvalue weighted by Gasteiger charge is -2.08. The number of benzene rings is 1. The summed E-state index contributed by atoms with van der Waals surface area (Å²) in [5, 5.41) is 3.05. The number of carbonyl (C=O) groups is 1. The highest BCUT2D eigenvalue weighted by Crippen LogP contribution is 2.29. The molecule has 0 atom stereocenters. The lowest BCUT2D eigenvalue weighted by molar-refractivity contribution is 0.102. The third-order valence-corrected chi connectivity index (χ3v) is 3.25. The summed E-state index contributed by atoms with van der Waals surface area (Å²) in [6.07, 6.45) is 1.61. The van der Waals surface area contributed by atoms with Crippen molar-refractivity contribution < 1.29 is 4.79 Å². The zero-order valence-electron chi connectivity index (χ0n) is 10.1. The second kappa shape index (κ2) is 5.47. The molecule has 0 bridgehead atoms. The molecule has 19 heavy (non-hydrogen) atoms. The lowest BCUT2D eigenvalue weighted by atomic mass is 10.2. The van der Waals surface area contributed by atoms with Crippen LogP contribution >= 0.6 is 23.2 Å². The fourth-order valence-corrected chi connectivity index (χ4v) is 1.99. The predicted molar refractivity (Wildman–Crippen MR) is 77.8 cm³/mol. The van der Waals surface area contributed by atoms with E-state index in [4.69, 9.17) is 28.9 Å². The monoisotopic (exact) mass is 295 g/mol. The van der Waals surface area contributed by atoms with Crippen molar-refractivity contribution in [1.29, 1.82) is 0 Å². The Morgan fingerprint density at radius 1 is 1.32 bits per heavy atom. The molecule has 0 radical (unpaired) electrons. The quantitative estimate of drug-likeness (QED) is 0.833. The number of nitrogens with zero attached hydrogens (tertiary/aromatic N) is 1. The first-order valence-electron chi connectivity index (χ1n) is 5.46. The van der Waals surface area contributed by atoms with Gasteiger partial charge in [0.2, 0.25) is 0 Å². The van der Waals surface area contributed by atoms with Gasteiger partial charge in [0.05, 0.1) is 15.6 Å². The molecule has 0 fully saturated rings. The Labute approximate surface area is 120 Å². The van der Waals surface area contributed by atoms with Gasteiger partial charge in [0.1, 0.15) is 5.82 Å². The van der Waals surface area contributed by atoms with Crippen molar-refractivity contribution in [3.63, 3.8) is 0 Å². The summed E-state index contributed by atoms with van der Waals surface area (Å²) < 4.78 is 0. The van der Waals surface area contributed by atoms with E-state index in [9.17, 15) is 4.79 Å². The van der Waals surface area contributed by atoms with Gasteiger partial charge in [0.25, 0.3) is 5.91 Å². The maximum Gasteiger partial charge on any atom is 0.258 e. The van der Waals surface area contributed by atoms with Gasteiger partial charge < -0.3 is 11.1 Å². The summed E-state index contributed by atoms with van der Waals surface area (Å²) in [6.45, 7) is 1.90. The molecule has 1 amide bonds. The Morgan fingerprint density at radius 2 is 2.05 bits per heavy atom. The van der Waals surface area contributed by atoms with Gasteiger partial charge in [-0.05, 0) is 36.8 Å². The van der Waals surface area contributed by atoms with Crippen LogP contribution in [0.1, 0.15) is 15.9 Å². The number of amides is 1. The van der Waals surface area contributed by atoms with Crippen LogP contribution in [0.2, 0.25) is 10.0 Å². The zero-order valence-corrected chi connectivity index (χ0v) is 11.6. The minimum Gasteiger partial charge on any atom is -0.399 e. The van der Waals surface area contributed by atoms with Crippen LogP contribution in [0.3, 0.4) is 0 Å². The number of anilines is 2. The molecule has 98 valence electrons. The van der Waals surface area contributed by atoms with Gasteiger partial charge >= 0.3 is 0 Å². The summed E-state index contributed by atoms with van der Waals surface area (Å²) >= 11 is 11.9. The van der Waals surface area contributed by atoms with Crippen LogP contribution in [0.15, 0.2) is 30.5 Å². The smallest absolute Gasteiger partial charge is 0.258 e. The maximum absolute atomic E-state index is 12.1. The first kappa shape index (κ1) is 13.6. The molecule has 2 aromatic rings. The van der Waals surface area contributed by atoms with Crippen LogP contribution in [0.4, 0.5) is 11.5 Å². The van der Waals surface area contributed by atoms with E-state index in [2.05, 4.69) is 10.3 Å². The molecule has 6 heteroatoms. The van der Waals surface area contributed by atoms with E-state index < -0.39 is 5.91 Å². The third-order valence-electron chi connectivity index (χ3n) is 2.45. The van der Waals surface area contributed by atoms with Crippen LogP contribution in [0, 0.1) is 6.92 Å². The number of hydrogen-bond donors (Lipinski definition) is 2. The normalized spacial score (nSPS) is 10.3. The van der Waals surface area contributed by atoms with Gasteiger partial charge in [-0.15, -0.1) is 0 Å². The highest BCUT2D eigenvalue weighted by Gasteiger charge is 2.14. The van der Waals surface area contributed by atoms with Crippen LogP contribution in [0.25, 0.3) is 0 Å². The number of hydrogen-bond acceptors (Lipinski definition) is 3. The van der Waals surface area contributed by atoms with Crippen molar-refractivity contribution in [3.05, 3.63) is 51.6 Å². The van der Waals surface area contributed by atoms with E-state index in [1.165, 1.54) is 12.1 Å². The second-order valence-corrected chi connectivity index (χ2v) is 4.82. The Kier molecular flexibility index (Phi) is 3.93. The molecule has 0 aliphatic heterocycles. The Bertz CT molecular complexity index is 644. The lowest BCUT2D eigenvalue weighted by Crippen LogP contribution is -2.14. The molecule has 1 aromatic carbocycles. The van der Waals surface area contributed by atoms with E-state index in [0.29, 0.717) is 11.5 Å². The molecule has 0 saturated heterocycles. The SMILES string of the molecule is Cc1ccnc(NC(=O)c2cc(N)cc(Cl)c2Cl)c1. The number of aryl methyl sites for hydroxylation is 1. The van der Waals surface area contributed by atoms with E-state index in [1.54, 1.807) is 12.3 Å². The topological polar surface area (TPSA) is 68.0 Å². The third kappa shape index (κ3) is 3.16. The maximum atomic E-state index is 12.1. The van der Waals surface area contributed by atoms with Crippen molar-refractivity contribution >= 4 is 40.6 Å². The summed E-state index contributed by atoms with van der Waals surface area (Å²) in [5.41, 5.74) is 7.22. The summed E-state index contributed by atoms with van der Waals surface area (Å²) in [5.74, 6) is 0.0388. The number of halogens is 2. The highest BCUT2D eigenvalue weighted by molar-refractivity contribution is 6.44. The van der Waals surface area contributed by atoms with Gasteiger partial charge in [-0.2, -0.15) is 0 Å². The summed E-state index contributed by atoms with van der Waals surface area (Å²) in [7, 11) is 0. The van der Waals surface area contributed by atoms with Crippen molar-refractivity contribution in [2.75, 3.05) is 11.1 Å². The van der Waals surface area contributed by atoms with Crippen LogP contribution < -0.4 is 11.1 Å². The highest BCUT2D eigenvalue weighted by atomic mass is 35.5. The zero-order chi connectivity index (χ0) is 14.0. The molecule has 1 aromatic heterocycles. The van der Waals surface area contributed by atoms with Crippen LogP contribution in [-0.4, -0.2) is 10.9 Å². The van der Waals surface area contributed by atoms with Crippen molar-refractivity contribution in [2.45, 2.75) is 6.92 Å². The van der Waals surface area contributed by atoms with E-state index in [0.717, 1.165) is 5.56 Å². The molecule has 0 aliphatic carbocycles. The molecule has 2 rings (SSSR count). The molecular weight excluding hydrogens is 285 g/mol. The Balaban J connectivity index is 2.30. The Hall–Kier alpha value is -1.78. The summed E-state index contributed by atoms with van der Waals surface area (Å²) in [4.78, 5) is 16.1. The fraction of sp³-hybridized carbons (Fsp3) is 0.0769. The predicted octanol–water partition coefficient (Wildman–Crippen LogP) is 3.53. The molecule has 1 heterocycles. The number of nitrogen functional groups attached to an aromatic ring is 1. The minimum absolute atomic E-state index is 0.168. The van der Waals surface area contributed by atoms with Crippen molar-refractivity contribution in [1.82, 2.24) is 4.98 Å². The molecular formula is C13H11Cl2N3O. The second-order valence-electron chi connectivity index (χ2n) is 4.04. The first-order valence-corrected chi connectivity index (χ1v) is 6.21. The fourth-order valence-electron chi connectivity index (χ4n) is 1.56. The largest absolute Gasteiger partial charge is 0.399 e. The van der Waals surface area contributed by atoms with Crippen LogP contribution in [-0.2, 0) is 0 Å². The summed E-state index contributed by atoms with van der Waals surface area (Å²) in [6, 6.07) is 6.55. The number of carbonyl (C=O) groups excluding carboxylic acids is 1. The van der Waals surface area contributed by atoms with E-state index >= 15 is 0 Å². The van der Waals surface area contributed by atoms with Gasteiger partial charge in [0, 0.05) is 11.9 Å². The van der Waals surface area contributed by atoms with Crippen molar-refractivity contribution in [3.8, 4) is 0 Å². The minimum atomic E-state index is -0.405. The number of aromatic nitrogens is 1. The Morgan fingerprint density at radius 3 is 2.74 bits per heavy atom. The van der Waals surface area contributed by atoms with Gasteiger partial charge in [-0.25, -0.2) is 4.98 Å². The number of nitrogens with two attached hydrogens (primary N) is 1. The van der Waals surface area contributed by atoms with Crippen LogP contribution in [0.5, 0.6) is 0 Å². The first-order chi connectivity index (χ1) is 8.97. The molecule has 3 N–H and O–H groups in total. The number of nitrogens with one attached hydrogen (secondary N) is 1. The van der Waals surface area contributed by atoms with Gasteiger partial charge in [-0.3, -0.25) is 4.79 Å². The average molecular weight is 296 g/mol. The van der Waals surface area contributed by atoms with Gasteiger partial charge in [0.15, 0.2) is 0 Å². The molecule has 0 unspecified atom stereocenters. The standard InChI is InChI=1S/C13H11Cl2N3O/c1-7-2-3-17-11(4-7)18-13(19)9-5-8(16)6-10(14)12(9)15/h2-6H,16H2,1H3,(H,17,18,19). The number of rotatable bonds is 2. The number of pyridine rings is 1. The van der Waals surface area contributed by atoms with Gasteiger partial charge in [-0.1, -0.05) is 23.2 Å². The molecule has 4 nitrogen and oxygen atoms in total. The molecule has 0 saturated carbocycles. The average Bonchev–Trinajstić information content (AvgIpc) is 2.33. The van der Waals surface area contributed by atoms with E-state index in [-0.39, 0.29) is 15.6 Å². The van der Waals surface area contributed by atoms with Crippen molar-refractivity contribution in [2.24, 2.45) is 0 Å².